The molecule has 0 aliphatic carbocycles. The van der Waals surface area contributed by atoms with Crippen LogP contribution in [0.5, 0.6) is 11.5 Å². The molecule has 4 saturated heterocycles. The summed E-state index contributed by atoms with van der Waals surface area (Å²) in [6, 6.07) is 14.3. The highest BCUT2D eigenvalue weighted by Crippen LogP contribution is 2.59. The standard InChI is InChI=1S/C29H33F3N2O5/c1-36-25-8-7-21(39-29(30,31)32)15-22(25)19-16-27(38-18-19)10-9-24-23(26(35)34-11-13-37-14-12-34)17-28(27,33-24)20-5-3-2-4-6-20/h2-8,15,19,23-24,33H,9-14,16-18H2,1H3. The van der Waals surface area contributed by atoms with Crippen molar-refractivity contribution in [2.24, 2.45) is 5.92 Å². The summed E-state index contributed by atoms with van der Waals surface area (Å²) in [4.78, 5) is 15.6. The number of alkyl halides is 3. The molecule has 0 saturated carbocycles. The van der Waals surface area contributed by atoms with E-state index in [0.29, 0.717) is 57.1 Å². The van der Waals surface area contributed by atoms with E-state index in [1.54, 1.807) is 0 Å². The van der Waals surface area contributed by atoms with Crippen molar-refractivity contribution in [1.82, 2.24) is 10.2 Å². The van der Waals surface area contributed by atoms with Gasteiger partial charge >= 0.3 is 6.36 Å². The molecule has 5 unspecified atom stereocenters. The number of nitrogens with zero attached hydrogens (tertiary/aromatic N) is 1. The summed E-state index contributed by atoms with van der Waals surface area (Å²) in [5.74, 6) is -0.0276. The van der Waals surface area contributed by atoms with Crippen LogP contribution in [0, 0.1) is 5.92 Å². The third kappa shape index (κ3) is 4.66. The summed E-state index contributed by atoms with van der Waals surface area (Å²) in [6.45, 7) is 2.62. The van der Waals surface area contributed by atoms with Crippen LogP contribution in [0.15, 0.2) is 48.5 Å². The molecule has 6 rings (SSSR count). The van der Waals surface area contributed by atoms with Crippen molar-refractivity contribution in [2.45, 2.75) is 55.1 Å². The fourth-order valence-corrected chi connectivity index (χ4v) is 7.28. The molecular weight excluding hydrogens is 513 g/mol. The van der Waals surface area contributed by atoms with Crippen molar-refractivity contribution in [3.05, 3.63) is 59.7 Å². The van der Waals surface area contributed by atoms with E-state index in [1.165, 1.54) is 25.3 Å². The number of hydrogen-bond acceptors (Lipinski definition) is 6. The van der Waals surface area contributed by atoms with Gasteiger partial charge < -0.3 is 29.2 Å². The molecule has 2 aromatic carbocycles. The van der Waals surface area contributed by atoms with Crippen LogP contribution in [0.25, 0.3) is 0 Å². The van der Waals surface area contributed by atoms with Gasteiger partial charge in [0.05, 0.1) is 44.0 Å². The van der Waals surface area contributed by atoms with Crippen LogP contribution in [-0.2, 0) is 19.8 Å². The predicted octanol–water partition coefficient (Wildman–Crippen LogP) is 4.36. The van der Waals surface area contributed by atoms with E-state index >= 15 is 0 Å². The van der Waals surface area contributed by atoms with Gasteiger partial charge in [0.25, 0.3) is 0 Å². The highest BCUT2D eigenvalue weighted by molar-refractivity contribution is 5.80. The van der Waals surface area contributed by atoms with Crippen LogP contribution in [0.4, 0.5) is 13.2 Å². The van der Waals surface area contributed by atoms with E-state index in [-0.39, 0.29) is 29.5 Å². The Morgan fingerprint density at radius 3 is 2.59 bits per heavy atom. The monoisotopic (exact) mass is 546 g/mol. The third-order valence-electron chi connectivity index (χ3n) is 9.00. The quantitative estimate of drug-likeness (QED) is 0.601. The van der Waals surface area contributed by atoms with Crippen molar-refractivity contribution in [1.29, 1.82) is 0 Å². The van der Waals surface area contributed by atoms with E-state index in [9.17, 15) is 18.0 Å². The van der Waals surface area contributed by atoms with E-state index in [0.717, 1.165) is 18.4 Å². The number of carbonyl (C=O) groups is 1. The molecule has 4 aliphatic heterocycles. The smallest absolute Gasteiger partial charge is 0.496 e. The zero-order valence-corrected chi connectivity index (χ0v) is 21.8. The summed E-state index contributed by atoms with van der Waals surface area (Å²) < 4.78 is 60.8. The van der Waals surface area contributed by atoms with E-state index in [2.05, 4.69) is 22.2 Å². The van der Waals surface area contributed by atoms with E-state index in [1.807, 2.05) is 23.1 Å². The van der Waals surface area contributed by atoms with Gasteiger partial charge in [-0.2, -0.15) is 0 Å². The largest absolute Gasteiger partial charge is 0.573 e. The Balaban J connectivity index is 1.34. The van der Waals surface area contributed by atoms with Crippen molar-refractivity contribution >= 4 is 5.91 Å². The number of piperidine rings is 1. The lowest BCUT2D eigenvalue weighted by molar-refractivity contribution is -0.274. The van der Waals surface area contributed by atoms with E-state index in [4.69, 9.17) is 14.2 Å². The van der Waals surface area contributed by atoms with Crippen LogP contribution >= 0.6 is 0 Å². The molecule has 1 N–H and O–H groups in total. The maximum Gasteiger partial charge on any atom is 0.573 e. The Morgan fingerprint density at radius 2 is 1.87 bits per heavy atom. The fraction of sp³-hybridized carbons (Fsp3) is 0.552. The highest BCUT2D eigenvalue weighted by atomic mass is 19.4. The molecule has 4 aliphatic rings. The molecule has 10 heteroatoms. The average Bonchev–Trinajstić information content (AvgIpc) is 3.52. The highest BCUT2D eigenvalue weighted by Gasteiger charge is 2.66. The molecule has 5 atom stereocenters. The summed E-state index contributed by atoms with van der Waals surface area (Å²) in [6.07, 6.45) is -2.10. The number of methoxy groups -OCH3 is 1. The van der Waals surface area contributed by atoms with Crippen LogP contribution in [0.2, 0.25) is 0 Å². The van der Waals surface area contributed by atoms with Crippen LogP contribution in [-0.4, -0.2) is 68.8 Å². The van der Waals surface area contributed by atoms with Gasteiger partial charge in [-0.05, 0) is 49.4 Å². The van der Waals surface area contributed by atoms with Crippen molar-refractivity contribution in [2.75, 3.05) is 40.0 Å². The van der Waals surface area contributed by atoms with Gasteiger partial charge in [-0.1, -0.05) is 30.3 Å². The van der Waals surface area contributed by atoms with Crippen LogP contribution in [0.1, 0.15) is 42.7 Å². The topological polar surface area (TPSA) is 69.3 Å². The summed E-state index contributed by atoms with van der Waals surface area (Å²) >= 11 is 0. The molecule has 4 heterocycles. The Kier molecular flexibility index (Phi) is 6.76. The number of hydrogen-bond donors (Lipinski definition) is 1. The molecule has 7 nitrogen and oxygen atoms in total. The molecule has 2 aromatic rings. The van der Waals surface area contributed by atoms with Crippen molar-refractivity contribution < 1.29 is 36.9 Å². The molecule has 2 bridgehead atoms. The molecule has 1 spiro atoms. The van der Waals surface area contributed by atoms with Gasteiger partial charge in [-0.25, -0.2) is 0 Å². The second kappa shape index (κ2) is 9.98. The first kappa shape index (κ1) is 26.4. The minimum Gasteiger partial charge on any atom is -0.496 e. The van der Waals surface area contributed by atoms with Crippen LogP contribution < -0.4 is 14.8 Å². The molecule has 39 heavy (non-hydrogen) atoms. The number of nitrogens with one attached hydrogen (secondary N) is 1. The van der Waals surface area contributed by atoms with E-state index < -0.39 is 17.5 Å². The Labute approximate surface area is 225 Å². The van der Waals surface area contributed by atoms with Crippen molar-refractivity contribution in [3.8, 4) is 11.5 Å². The minimum atomic E-state index is -4.79. The van der Waals surface area contributed by atoms with Gasteiger partial charge in [-0.15, -0.1) is 13.2 Å². The lowest BCUT2D eigenvalue weighted by atomic mass is 9.67. The number of carbonyl (C=O) groups excluding carboxylic acids is 1. The third-order valence-corrected chi connectivity index (χ3v) is 9.00. The average molecular weight is 547 g/mol. The minimum absolute atomic E-state index is 0.0203. The molecule has 210 valence electrons. The molecule has 0 aromatic heterocycles. The first-order valence-electron chi connectivity index (χ1n) is 13.5. The van der Waals surface area contributed by atoms with Gasteiger partial charge in [0.2, 0.25) is 5.91 Å². The number of rotatable bonds is 5. The number of fused-ring (bicyclic) bond motifs is 3. The van der Waals surface area contributed by atoms with Gasteiger partial charge in [0.15, 0.2) is 0 Å². The second-order valence-electron chi connectivity index (χ2n) is 11.0. The Morgan fingerprint density at radius 1 is 1.10 bits per heavy atom. The lowest BCUT2D eigenvalue weighted by Crippen LogP contribution is -2.62. The number of amides is 1. The molecule has 0 radical (unpaired) electrons. The first-order valence-corrected chi connectivity index (χ1v) is 13.5. The molecule has 1 amide bonds. The van der Waals surface area contributed by atoms with Gasteiger partial charge in [0, 0.05) is 30.6 Å². The Hall–Kier alpha value is -2.82. The maximum absolute atomic E-state index is 13.7. The number of ether oxygens (including phenoxy) is 4. The SMILES string of the molecule is COc1ccc(OC(F)(F)F)cc1C1COC2(CCC3NC2(c2ccccc2)CC3C(=O)N2CCOCC2)C1. The van der Waals surface area contributed by atoms with Gasteiger partial charge in [0.1, 0.15) is 11.5 Å². The van der Waals surface area contributed by atoms with Crippen molar-refractivity contribution in [3.63, 3.8) is 0 Å². The zero-order valence-electron chi connectivity index (χ0n) is 21.8. The maximum atomic E-state index is 13.7. The summed E-state index contributed by atoms with van der Waals surface area (Å²) in [5.41, 5.74) is 0.446. The molecular formula is C29H33F3N2O5. The Bertz CT molecular complexity index is 1210. The summed E-state index contributed by atoms with van der Waals surface area (Å²) in [5, 5.41) is 3.86. The first-order chi connectivity index (χ1) is 18.7. The van der Waals surface area contributed by atoms with Gasteiger partial charge in [-0.3, -0.25) is 4.79 Å². The molecule has 4 fully saturated rings. The number of morpholine rings is 1. The zero-order chi connectivity index (χ0) is 27.3. The lowest BCUT2D eigenvalue weighted by Gasteiger charge is -2.50. The van der Waals surface area contributed by atoms with Crippen LogP contribution in [0.3, 0.4) is 0 Å². The normalized spacial score (nSPS) is 32.4. The summed E-state index contributed by atoms with van der Waals surface area (Å²) in [7, 11) is 1.51. The fourth-order valence-electron chi connectivity index (χ4n) is 7.28. The second-order valence-corrected chi connectivity index (χ2v) is 11.0. The predicted molar refractivity (Wildman–Crippen MR) is 136 cm³/mol. The number of benzene rings is 2. The number of halogens is 3.